The Morgan fingerprint density at radius 2 is 2.41 bits per heavy atom. The van der Waals surface area contributed by atoms with Crippen LogP contribution in [0.2, 0.25) is 0 Å². The van der Waals surface area contributed by atoms with E-state index in [2.05, 4.69) is 4.98 Å². The van der Waals surface area contributed by atoms with Crippen LogP contribution in [0.25, 0.3) is 11.0 Å². The van der Waals surface area contributed by atoms with Gasteiger partial charge in [-0.2, -0.15) is 0 Å². The fourth-order valence-corrected chi connectivity index (χ4v) is 1.98. The van der Waals surface area contributed by atoms with E-state index < -0.39 is 6.16 Å². The third kappa shape index (κ3) is 1.95. The molecule has 1 N–H and O–H groups in total. The summed E-state index contributed by atoms with van der Waals surface area (Å²) >= 11 is 0. The van der Waals surface area contributed by atoms with Crippen molar-refractivity contribution >= 4 is 17.2 Å². The lowest BCUT2D eigenvalue weighted by molar-refractivity contribution is 0.145. The molecule has 1 saturated carbocycles. The van der Waals surface area contributed by atoms with Crippen LogP contribution < -0.4 is 4.74 Å². The molecule has 0 bridgehead atoms. The van der Waals surface area contributed by atoms with E-state index in [1.807, 2.05) is 10.6 Å². The second-order valence-corrected chi connectivity index (χ2v) is 4.33. The average molecular weight is 232 g/mol. The van der Waals surface area contributed by atoms with Crippen LogP contribution in [0, 0.1) is 5.92 Å². The zero-order valence-electron chi connectivity index (χ0n) is 9.17. The Hall–Kier alpha value is -2.04. The van der Waals surface area contributed by atoms with Crippen molar-refractivity contribution in [3.05, 3.63) is 24.5 Å². The van der Waals surface area contributed by atoms with Crippen molar-refractivity contribution in [1.29, 1.82) is 0 Å². The highest BCUT2D eigenvalue weighted by Crippen LogP contribution is 2.34. The van der Waals surface area contributed by atoms with E-state index in [-0.39, 0.29) is 0 Å². The summed E-state index contributed by atoms with van der Waals surface area (Å²) in [6.45, 7) is 0.885. The largest absolute Gasteiger partial charge is 0.511 e. The molecule has 0 spiro atoms. The molecular formula is C12H12N2O3. The molecular weight excluding hydrogens is 220 g/mol. The summed E-state index contributed by atoms with van der Waals surface area (Å²) in [6.07, 6.45) is 4.61. The average Bonchev–Trinajstić information content (AvgIpc) is 3.04. The number of pyridine rings is 1. The quantitative estimate of drug-likeness (QED) is 0.826. The van der Waals surface area contributed by atoms with E-state index >= 15 is 0 Å². The Morgan fingerprint density at radius 3 is 3.12 bits per heavy atom. The minimum Gasteiger partial charge on any atom is -0.449 e. The van der Waals surface area contributed by atoms with Crippen LogP contribution in [0.4, 0.5) is 4.79 Å². The molecule has 1 aliphatic rings. The lowest BCUT2D eigenvalue weighted by atomic mass is 10.3. The van der Waals surface area contributed by atoms with E-state index in [4.69, 9.17) is 9.84 Å². The normalized spacial score (nSPS) is 15.1. The van der Waals surface area contributed by atoms with E-state index in [1.54, 1.807) is 18.5 Å². The topological polar surface area (TPSA) is 64.3 Å². The van der Waals surface area contributed by atoms with Crippen molar-refractivity contribution in [2.24, 2.45) is 5.92 Å². The maximum atomic E-state index is 10.6. The molecule has 5 nitrogen and oxygen atoms in total. The Morgan fingerprint density at radius 1 is 1.59 bits per heavy atom. The molecule has 5 heteroatoms. The highest BCUT2D eigenvalue weighted by Gasteiger charge is 2.23. The fraction of sp³-hybridized carbons (Fsp3) is 0.333. The van der Waals surface area contributed by atoms with Crippen LogP contribution in [0.15, 0.2) is 24.5 Å². The first kappa shape index (κ1) is 10.1. The first-order valence-corrected chi connectivity index (χ1v) is 5.58. The summed E-state index contributed by atoms with van der Waals surface area (Å²) in [6, 6.07) is 3.60. The van der Waals surface area contributed by atoms with E-state index in [9.17, 15) is 4.79 Å². The number of ether oxygens (including phenoxy) is 1. The van der Waals surface area contributed by atoms with E-state index in [1.165, 1.54) is 12.8 Å². The van der Waals surface area contributed by atoms with Gasteiger partial charge in [0.25, 0.3) is 0 Å². The molecule has 0 radical (unpaired) electrons. The number of carbonyl (C=O) groups is 1. The highest BCUT2D eigenvalue weighted by molar-refractivity contribution is 5.85. The lowest BCUT2D eigenvalue weighted by Gasteiger charge is -2.00. The van der Waals surface area contributed by atoms with Crippen molar-refractivity contribution in [3.63, 3.8) is 0 Å². The maximum absolute atomic E-state index is 10.6. The van der Waals surface area contributed by atoms with Crippen LogP contribution in [-0.4, -0.2) is 20.8 Å². The number of aromatic nitrogens is 2. The molecule has 1 fully saturated rings. The maximum Gasteiger partial charge on any atom is 0.511 e. The van der Waals surface area contributed by atoms with Crippen LogP contribution in [0.3, 0.4) is 0 Å². The van der Waals surface area contributed by atoms with Crippen LogP contribution >= 0.6 is 0 Å². The number of hydrogen-bond donors (Lipinski definition) is 1. The number of carboxylic acid groups (broad SMARTS) is 1. The number of nitrogens with zero attached hydrogens (tertiary/aromatic N) is 2. The van der Waals surface area contributed by atoms with Crippen molar-refractivity contribution in [3.8, 4) is 5.75 Å². The number of rotatable bonds is 3. The van der Waals surface area contributed by atoms with Crippen molar-refractivity contribution in [2.45, 2.75) is 19.4 Å². The van der Waals surface area contributed by atoms with Gasteiger partial charge in [0.15, 0.2) is 5.75 Å². The van der Waals surface area contributed by atoms with Gasteiger partial charge in [0.2, 0.25) is 0 Å². The monoisotopic (exact) mass is 232 g/mol. The zero-order chi connectivity index (χ0) is 11.8. The van der Waals surface area contributed by atoms with Gasteiger partial charge in [-0.25, -0.2) is 9.78 Å². The van der Waals surface area contributed by atoms with Gasteiger partial charge in [0, 0.05) is 18.9 Å². The lowest BCUT2D eigenvalue weighted by Crippen LogP contribution is -2.02. The van der Waals surface area contributed by atoms with Crippen LogP contribution in [-0.2, 0) is 6.54 Å². The number of fused-ring (bicyclic) bond motifs is 1. The summed E-state index contributed by atoms with van der Waals surface area (Å²) in [4.78, 5) is 14.9. The van der Waals surface area contributed by atoms with Crippen LogP contribution in [0.5, 0.6) is 5.75 Å². The minimum atomic E-state index is -1.29. The van der Waals surface area contributed by atoms with Crippen molar-refractivity contribution in [1.82, 2.24) is 9.55 Å². The molecule has 0 unspecified atom stereocenters. The molecule has 1 aliphatic carbocycles. The summed E-state index contributed by atoms with van der Waals surface area (Å²) in [5.74, 6) is 1.06. The van der Waals surface area contributed by atoms with Gasteiger partial charge in [-0.1, -0.05) is 0 Å². The third-order valence-electron chi connectivity index (χ3n) is 2.95. The Labute approximate surface area is 97.6 Å². The molecule has 0 atom stereocenters. The molecule has 3 rings (SSSR count). The number of hydrogen-bond acceptors (Lipinski definition) is 3. The predicted molar refractivity (Wildman–Crippen MR) is 61.1 cm³/mol. The SMILES string of the molecule is O=C(O)Oc1cn(CC2CC2)c2ncccc12. The molecule has 88 valence electrons. The van der Waals surface area contributed by atoms with Gasteiger partial charge in [0.05, 0.1) is 5.39 Å². The molecule has 0 saturated heterocycles. The van der Waals surface area contributed by atoms with Gasteiger partial charge in [-0.05, 0) is 30.9 Å². The Balaban J connectivity index is 2.05. The van der Waals surface area contributed by atoms with Crippen molar-refractivity contribution in [2.75, 3.05) is 0 Å². The van der Waals surface area contributed by atoms with E-state index in [0.717, 1.165) is 17.6 Å². The molecule has 0 aromatic carbocycles. The summed E-state index contributed by atoms with van der Waals surface area (Å²) in [5.41, 5.74) is 0.788. The first-order chi connectivity index (χ1) is 8.24. The summed E-state index contributed by atoms with van der Waals surface area (Å²) in [7, 11) is 0. The molecule has 2 aromatic rings. The highest BCUT2D eigenvalue weighted by atomic mass is 16.7. The predicted octanol–water partition coefficient (Wildman–Crippen LogP) is 2.50. The van der Waals surface area contributed by atoms with Gasteiger partial charge in [-0.15, -0.1) is 0 Å². The van der Waals surface area contributed by atoms with Crippen LogP contribution in [0.1, 0.15) is 12.8 Å². The Kier molecular flexibility index (Phi) is 2.24. The minimum absolute atomic E-state index is 0.362. The summed E-state index contributed by atoms with van der Waals surface area (Å²) in [5, 5.41) is 9.42. The molecule has 2 heterocycles. The third-order valence-corrected chi connectivity index (χ3v) is 2.95. The first-order valence-electron chi connectivity index (χ1n) is 5.58. The standard InChI is InChI=1S/C12H12N2O3/c15-12(16)17-10-7-14(6-8-3-4-8)11-9(10)2-1-5-13-11/h1-2,5,7-8H,3-4,6H2,(H,15,16). The molecule has 0 aliphatic heterocycles. The van der Waals surface area contributed by atoms with Gasteiger partial charge < -0.3 is 14.4 Å². The van der Waals surface area contributed by atoms with Crippen molar-refractivity contribution < 1.29 is 14.6 Å². The Bertz CT molecular complexity index is 572. The summed E-state index contributed by atoms with van der Waals surface area (Å²) < 4.78 is 6.74. The van der Waals surface area contributed by atoms with Gasteiger partial charge >= 0.3 is 6.16 Å². The van der Waals surface area contributed by atoms with Gasteiger partial charge in [0.1, 0.15) is 5.65 Å². The van der Waals surface area contributed by atoms with E-state index in [0.29, 0.717) is 11.7 Å². The second kappa shape index (κ2) is 3.76. The second-order valence-electron chi connectivity index (χ2n) is 4.33. The zero-order valence-corrected chi connectivity index (χ0v) is 9.17. The molecule has 0 amide bonds. The smallest absolute Gasteiger partial charge is 0.449 e. The molecule has 2 aromatic heterocycles. The fourth-order valence-electron chi connectivity index (χ4n) is 1.98. The molecule has 17 heavy (non-hydrogen) atoms. The van der Waals surface area contributed by atoms with Gasteiger partial charge in [-0.3, -0.25) is 0 Å².